The van der Waals surface area contributed by atoms with Gasteiger partial charge in [-0.1, -0.05) is 84.4 Å². The molecular weight excluding hydrogens is 520 g/mol. The number of rotatable bonds is 5. The van der Waals surface area contributed by atoms with Crippen molar-refractivity contribution in [3.63, 3.8) is 0 Å². The molecule has 1 aromatic heterocycles. The molecule has 0 bridgehead atoms. The molecule has 1 heterocycles. The van der Waals surface area contributed by atoms with Crippen LogP contribution in [0.2, 0.25) is 5.02 Å². The third-order valence-corrected chi connectivity index (χ3v) is 7.32. The Morgan fingerprint density at radius 2 is 1.55 bits per heavy atom. The third-order valence-electron chi connectivity index (χ3n) is 6.91. The van der Waals surface area contributed by atoms with Gasteiger partial charge in [-0.15, -0.1) is 0 Å². The van der Waals surface area contributed by atoms with E-state index in [1.54, 1.807) is 48.5 Å². The summed E-state index contributed by atoms with van der Waals surface area (Å²) in [7, 11) is 0. The topological polar surface area (TPSA) is 71.5 Å². The first kappa shape index (κ1) is 25.3. The predicted molar refractivity (Wildman–Crippen MR) is 159 cm³/mol. The molecule has 194 valence electrons. The van der Waals surface area contributed by atoms with E-state index in [0.717, 1.165) is 27.1 Å². The first-order chi connectivity index (χ1) is 19.4. The fraction of sp³-hybridized carbons (Fsp3) is 0.0606. The number of fused-ring (bicyclic) bond motifs is 2. The highest BCUT2D eigenvalue weighted by atomic mass is 35.5. The Kier molecular flexibility index (Phi) is 6.53. The molecule has 6 rings (SSSR count). The molecule has 7 heteroatoms. The van der Waals surface area contributed by atoms with Crippen molar-refractivity contribution in [3.05, 3.63) is 142 Å². The maximum atomic E-state index is 13.4. The van der Waals surface area contributed by atoms with E-state index in [2.05, 4.69) is 15.3 Å². The van der Waals surface area contributed by atoms with Crippen molar-refractivity contribution in [2.45, 2.75) is 13.0 Å². The van der Waals surface area contributed by atoms with Crippen molar-refractivity contribution in [1.29, 1.82) is 0 Å². The second kappa shape index (κ2) is 10.3. The fourth-order valence-corrected chi connectivity index (χ4v) is 5.43. The number of amides is 1. The van der Waals surface area contributed by atoms with Crippen LogP contribution in [0.25, 0.3) is 32.1 Å². The summed E-state index contributed by atoms with van der Waals surface area (Å²) in [6.45, 7) is 9.11. The van der Waals surface area contributed by atoms with Crippen LogP contribution in [0.5, 0.6) is 0 Å². The van der Waals surface area contributed by atoms with Gasteiger partial charge < -0.3 is 10.4 Å². The van der Waals surface area contributed by atoms with Crippen LogP contribution in [0, 0.1) is 13.5 Å². The molecule has 0 fully saturated rings. The van der Waals surface area contributed by atoms with Crippen LogP contribution in [-0.2, 0) is 0 Å². The molecule has 0 radical (unpaired) electrons. The van der Waals surface area contributed by atoms with Crippen LogP contribution in [0.15, 0.2) is 103 Å². The van der Waals surface area contributed by atoms with Crippen molar-refractivity contribution in [2.24, 2.45) is 0 Å². The molecule has 0 aliphatic heterocycles. The minimum atomic E-state index is -0.965. The summed E-state index contributed by atoms with van der Waals surface area (Å²) in [5.74, 6) is -0.358. The van der Waals surface area contributed by atoms with Crippen LogP contribution < -0.4 is 5.32 Å². The van der Waals surface area contributed by atoms with E-state index in [4.69, 9.17) is 18.2 Å². The van der Waals surface area contributed by atoms with Gasteiger partial charge in [-0.25, -0.2) is 9.53 Å². The first-order valence-corrected chi connectivity index (χ1v) is 13.0. The Balaban J connectivity index is 1.37. The van der Waals surface area contributed by atoms with Gasteiger partial charge in [0.1, 0.15) is 11.8 Å². The van der Waals surface area contributed by atoms with Gasteiger partial charge in [0, 0.05) is 22.0 Å². The molecule has 0 aliphatic rings. The SMILES string of the molecule is [C-]#[N+]c1cccc(-n2nc(C)cc2C(=O)Nc2cccc(C(O)c3c4ccccc4c(Cl)c4ccccc34)c2)c1. The van der Waals surface area contributed by atoms with E-state index < -0.39 is 6.10 Å². The smallest absolute Gasteiger partial charge is 0.274 e. The lowest BCUT2D eigenvalue weighted by Gasteiger charge is -2.19. The monoisotopic (exact) mass is 542 g/mol. The average molecular weight is 543 g/mol. The Morgan fingerprint density at radius 3 is 2.23 bits per heavy atom. The number of aliphatic hydroxyl groups is 1. The van der Waals surface area contributed by atoms with E-state index in [0.29, 0.717) is 39.0 Å². The number of aromatic nitrogens is 2. The maximum Gasteiger partial charge on any atom is 0.274 e. The molecule has 1 amide bonds. The number of carbonyl (C=O) groups is 1. The van der Waals surface area contributed by atoms with E-state index in [1.807, 2.05) is 61.5 Å². The molecule has 1 unspecified atom stereocenters. The molecule has 5 aromatic carbocycles. The number of aryl methyl sites for hydroxylation is 1. The predicted octanol–water partition coefficient (Wildman–Crippen LogP) is 8.03. The average Bonchev–Trinajstić information content (AvgIpc) is 3.39. The minimum absolute atomic E-state index is 0.334. The molecule has 40 heavy (non-hydrogen) atoms. The van der Waals surface area contributed by atoms with Gasteiger partial charge in [0.15, 0.2) is 5.69 Å². The number of halogens is 1. The zero-order valence-corrected chi connectivity index (χ0v) is 22.2. The molecule has 1 atom stereocenters. The zero-order chi connectivity index (χ0) is 27.8. The molecule has 0 spiro atoms. The lowest BCUT2D eigenvalue weighted by molar-refractivity contribution is 0.101. The van der Waals surface area contributed by atoms with E-state index >= 15 is 0 Å². The summed E-state index contributed by atoms with van der Waals surface area (Å²) in [4.78, 5) is 16.9. The van der Waals surface area contributed by atoms with E-state index in [9.17, 15) is 9.90 Å². The fourth-order valence-electron chi connectivity index (χ4n) is 5.10. The number of nitrogens with one attached hydrogen (secondary N) is 1. The number of hydrogen-bond donors (Lipinski definition) is 2. The molecule has 0 saturated heterocycles. The van der Waals surface area contributed by atoms with Crippen molar-refractivity contribution in [3.8, 4) is 5.69 Å². The molecular formula is C33H23ClN4O2. The summed E-state index contributed by atoms with van der Waals surface area (Å²) in [5.41, 5.74) is 4.00. The second-order valence-corrected chi connectivity index (χ2v) is 9.89. The summed E-state index contributed by atoms with van der Waals surface area (Å²) in [5, 5.41) is 23.3. The number of nitrogens with zero attached hydrogens (tertiary/aromatic N) is 3. The van der Waals surface area contributed by atoms with Crippen molar-refractivity contribution >= 4 is 50.4 Å². The normalized spacial score (nSPS) is 11.8. The van der Waals surface area contributed by atoms with Gasteiger partial charge in [0.25, 0.3) is 5.91 Å². The van der Waals surface area contributed by atoms with Crippen LogP contribution in [0.1, 0.15) is 33.4 Å². The van der Waals surface area contributed by atoms with Gasteiger partial charge >= 0.3 is 0 Å². The second-order valence-electron chi connectivity index (χ2n) is 9.52. The minimum Gasteiger partial charge on any atom is -0.384 e. The van der Waals surface area contributed by atoms with Gasteiger partial charge in [0.05, 0.1) is 23.0 Å². The molecule has 6 aromatic rings. The molecule has 0 saturated carbocycles. The number of aliphatic hydroxyl groups excluding tert-OH is 1. The third kappa shape index (κ3) is 4.48. The van der Waals surface area contributed by atoms with Crippen LogP contribution in [-0.4, -0.2) is 20.8 Å². The highest BCUT2D eigenvalue weighted by molar-refractivity contribution is 6.41. The maximum absolute atomic E-state index is 13.4. The zero-order valence-electron chi connectivity index (χ0n) is 21.5. The van der Waals surface area contributed by atoms with Gasteiger partial charge in [-0.05, 0) is 53.6 Å². The van der Waals surface area contributed by atoms with Crippen LogP contribution in [0.4, 0.5) is 11.4 Å². The summed E-state index contributed by atoms with van der Waals surface area (Å²) in [6, 6.07) is 31.4. The number of carbonyl (C=O) groups excluding carboxylic acids is 1. The Morgan fingerprint density at radius 1 is 0.900 bits per heavy atom. The quantitative estimate of drug-likeness (QED) is 0.171. The van der Waals surface area contributed by atoms with E-state index in [-0.39, 0.29) is 5.91 Å². The van der Waals surface area contributed by atoms with Crippen LogP contribution in [0.3, 0.4) is 0 Å². The Labute approximate surface area is 235 Å². The van der Waals surface area contributed by atoms with Crippen molar-refractivity contribution in [2.75, 3.05) is 5.32 Å². The highest BCUT2D eigenvalue weighted by Crippen LogP contribution is 2.40. The largest absolute Gasteiger partial charge is 0.384 e. The van der Waals surface area contributed by atoms with Crippen LogP contribution >= 0.6 is 11.6 Å². The van der Waals surface area contributed by atoms with Gasteiger partial charge in [-0.3, -0.25) is 4.79 Å². The Hall–Kier alpha value is -4.96. The first-order valence-electron chi connectivity index (χ1n) is 12.7. The summed E-state index contributed by atoms with van der Waals surface area (Å²) in [6.07, 6.45) is -0.965. The lowest BCUT2D eigenvalue weighted by atomic mass is 9.90. The molecule has 0 aliphatic carbocycles. The van der Waals surface area contributed by atoms with Crippen molar-refractivity contribution < 1.29 is 9.90 Å². The molecule has 6 nitrogen and oxygen atoms in total. The van der Waals surface area contributed by atoms with Gasteiger partial charge in [-0.2, -0.15) is 5.10 Å². The van der Waals surface area contributed by atoms with Crippen molar-refractivity contribution in [1.82, 2.24) is 9.78 Å². The highest BCUT2D eigenvalue weighted by Gasteiger charge is 2.21. The number of benzene rings is 5. The summed E-state index contributed by atoms with van der Waals surface area (Å²) >= 11 is 6.76. The number of anilines is 1. The Bertz CT molecular complexity index is 1910. The standard InChI is InChI=1S/C33H23ClN4O2/c1-20-17-29(38(37-20)24-12-8-10-22(19-24)35-2)33(40)36-23-11-7-9-21(18-23)32(39)30-25-13-3-5-15-27(25)31(34)28-16-6-4-14-26(28)30/h3-19,32,39H,1H3,(H,36,40). The lowest BCUT2D eigenvalue weighted by Crippen LogP contribution is -2.17. The number of hydrogen-bond acceptors (Lipinski definition) is 3. The van der Waals surface area contributed by atoms with E-state index in [1.165, 1.54) is 4.68 Å². The van der Waals surface area contributed by atoms with Gasteiger partial charge in [0.2, 0.25) is 0 Å². The summed E-state index contributed by atoms with van der Waals surface area (Å²) < 4.78 is 1.53. The molecule has 2 N–H and O–H groups in total.